The number of aromatic nitrogens is 2. The quantitative estimate of drug-likeness (QED) is 0.707. The Morgan fingerprint density at radius 1 is 1.07 bits per heavy atom. The summed E-state index contributed by atoms with van der Waals surface area (Å²) in [6.45, 7) is 6.23. The second-order valence-electron chi connectivity index (χ2n) is 6.73. The summed E-state index contributed by atoms with van der Waals surface area (Å²) in [5, 5.41) is 0.921. The number of rotatable bonds is 5. The van der Waals surface area contributed by atoms with Gasteiger partial charge in [-0.2, -0.15) is 0 Å². The second-order valence-corrected chi connectivity index (χ2v) is 8.48. The van der Waals surface area contributed by atoms with Crippen LogP contribution in [0, 0.1) is 0 Å². The molecule has 0 bridgehead atoms. The molecule has 1 saturated heterocycles. The Bertz CT molecular complexity index is 946. The maximum Gasteiger partial charge on any atom is 0.134 e. The Morgan fingerprint density at radius 2 is 1.89 bits per heavy atom. The molecule has 0 saturated carbocycles. The van der Waals surface area contributed by atoms with Gasteiger partial charge in [-0.1, -0.05) is 23.7 Å². The average Bonchev–Trinajstić information content (AvgIpc) is 3.08. The fourth-order valence-electron chi connectivity index (χ4n) is 3.35. The highest BCUT2D eigenvalue weighted by molar-refractivity contribution is 7.16. The summed E-state index contributed by atoms with van der Waals surface area (Å²) in [6, 6.07) is 10.3. The van der Waals surface area contributed by atoms with Gasteiger partial charge in [-0.05, 0) is 35.9 Å². The van der Waals surface area contributed by atoms with E-state index in [0.29, 0.717) is 5.82 Å². The maximum atomic E-state index is 5.97. The Balaban J connectivity index is 1.28. The number of nitrogens with zero attached hydrogens (tertiary/aromatic N) is 4. The molecule has 2 aromatic heterocycles. The number of hydrogen-bond donors (Lipinski definition) is 1. The van der Waals surface area contributed by atoms with Crippen molar-refractivity contribution in [3.63, 3.8) is 0 Å². The van der Waals surface area contributed by atoms with E-state index in [2.05, 4.69) is 50.1 Å². The summed E-state index contributed by atoms with van der Waals surface area (Å²) in [5.74, 6) is 0.540. The van der Waals surface area contributed by atoms with E-state index in [4.69, 9.17) is 17.3 Å². The average molecular weight is 400 g/mol. The lowest BCUT2D eigenvalue weighted by atomic mass is 10.1. The van der Waals surface area contributed by atoms with Crippen molar-refractivity contribution in [2.75, 3.05) is 38.5 Å². The van der Waals surface area contributed by atoms with Gasteiger partial charge in [-0.3, -0.25) is 9.80 Å². The SMILES string of the molecule is Nc1ncnc2cc(CN3CCN(CC=Cc4ccc(Cl)s4)CC3)ccc12. The monoisotopic (exact) mass is 399 g/mol. The summed E-state index contributed by atoms with van der Waals surface area (Å²) in [7, 11) is 0. The highest BCUT2D eigenvalue weighted by Gasteiger charge is 2.16. The molecule has 0 radical (unpaired) electrons. The number of hydrogen-bond acceptors (Lipinski definition) is 6. The lowest BCUT2D eigenvalue weighted by molar-refractivity contribution is 0.137. The van der Waals surface area contributed by atoms with Crippen molar-refractivity contribution >= 4 is 45.7 Å². The predicted molar refractivity (Wildman–Crippen MR) is 114 cm³/mol. The number of nitrogens with two attached hydrogens (primary N) is 1. The molecule has 0 amide bonds. The van der Waals surface area contributed by atoms with Crippen LogP contribution in [0.5, 0.6) is 0 Å². The highest BCUT2D eigenvalue weighted by atomic mass is 35.5. The van der Waals surface area contributed by atoms with E-state index in [0.717, 1.165) is 54.5 Å². The van der Waals surface area contributed by atoms with Gasteiger partial charge in [-0.15, -0.1) is 11.3 Å². The smallest absolute Gasteiger partial charge is 0.134 e. The van der Waals surface area contributed by atoms with E-state index in [-0.39, 0.29) is 0 Å². The van der Waals surface area contributed by atoms with Crippen LogP contribution < -0.4 is 5.73 Å². The van der Waals surface area contributed by atoms with E-state index in [1.807, 2.05) is 12.1 Å². The normalized spacial score (nSPS) is 16.5. The Morgan fingerprint density at radius 3 is 2.67 bits per heavy atom. The first-order chi connectivity index (χ1) is 13.2. The molecule has 0 aliphatic carbocycles. The van der Waals surface area contributed by atoms with Gasteiger partial charge in [0.25, 0.3) is 0 Å². The first-order valence-electron chi connectivity index (χ1n) is 9.03. The zero-order chi connectivity index (χ0) is 18.6. The summed E-state index contributed by atoms with van der Waals surface area (Å²) < 4.78 is 0.839. The zero-order valence-corrected chi connectivity index (χ0v) is 16.6. The van der Waals surface area contributed by atoms with E-state index in [1.165, 1.54) is 16.8 Å². The Hall–Kier alpha value is -1.99. The molecule has 1 aliphatic heterocycles. The number of piperazine rings is 1. The molecule has 5 nitrogen and oxygen atoms in total. The number of nitrogen functional groups attached to an aromatic ring is 1. The molecule has 0 atom stereocenters. The van der Waals surface area contributed by atoms with Crippen LogP contribution in [0.25, 0.3) is 17.0 Å². The van der Waals surface area contributed by atoms with E-state index in [1.54, 1.807) is 11.3 Å². The van der Waals surface area contributed by atoms with E-state index >= 15 is 0 Å². The minimum absolute atomic E-state index is 0.540. The van der Waals surface area contributed by atoms with Crippen molar-refractivity contribution in [3.05, 3.63) is 57.5 Å². The van der Waals surface area contributed by atoms with Crippen molar-refractivity contribution in [2.24, 2.45) is 0 Å². The van der Waals surface area contributed by atoms with Gasteiger partial charge in [0, 0.05) is 49.5 Å². The number of fused-ring (bicyclic) bond motifs is 1. The fraction of sp³-hybridized carbons (Fsp3) is 0.300. The molecular formula is C20H22ClN5S. The zero-order valence-electron chi connectivity index (χ0n) is 15.0. The van der Waals surface area contributed by atoms with Gasteiger partial charge in [0.2, 0.25) is 0 Å². The lowest BCUT2D eigenvalue weighted by Crippen LogP contribution is -2.45. The van der Waals surface area contributed by atoms with Crippen LogP contribution in [0.1, 0.15) is 10.4 Å². The molecule has 1 aliphatic rings. The lowest BCUT2D eigenvalue weighted by Gasteiger charge is -2.34. The van der Waals surface area contributed by atoms with Gasteiger partial charge in [0.1, 0.15) is 12.1 Å². The van der Waals surface area contributed by atoms with E-state index in [9.17, 15) is 0 Å². The van der Waals surface area contributed by atoms with Gasteiger partial charge >= 0.3 is 0 Å². The van der Waals surface area contributed by atoms with Crippen LogP contribution in [0.4, 0.5) is 5.82 Å². The number of anilines is 1. The molecule has 3 aromatic rings. The molecule has 0 spiro atoms. The van der Waals surface area contributed by atoms with E-state index < -0.39 is 0 Å². The Labute approximate surface area is 168 Å². The summed E-state index contributed by atoms with van der Waals surface area (Å²) in [4.78, 5) is 14.6. The molecule has 0 unspecified atom stereocenters. The third-order valence-corrected chi connectivity index (χ3v) is 6.04. The molecule has 140 valence electrons. The molecular weight excluding hydrogens is 378 g/mol. The number of benzene rings is 1. The highest BCUT2D eigenvalue weighted by Crippen LogP contribution is 2.22. The number of thiophene rings is 1. The predicted octanol–water partition coefficient (Wildman–Crippen LogP) is 3.76. The van der Waals surface area contributed by atoms with Gasteiger partial charge < -0.3 is 5.73 Å². The minimum Gasteiger partial charge on any atom is -0.383 e. The fourth-order valence-corrected chi connectivity index (χ4v) is 4.34. The van der Waals surface area contributed by atoms with Crippen LogP contribution in [0.3, 0.4) is 0 Å². The van der Waals surface area contributed by atoms with Crippen molar-refractivity contribution in [3.8, 4) is 0 Å². The van der Waals surface area contributed by atoms with Crippen LogP contribution in [-0.4, -0.2) is 52.5 Å². The second kappa shape index (κ2) is 8.35. The van der Waals surface area contributed by atoms with Crippen molar-refractivity contribution < 1.29 is 0 Å². The van der Waals surface area contributed by atoms with Gasteiger partial charge in [-0.25, -0.2) is 9.97 Å². The maximum absolute atomic E-state index is 5.97. The molecule has 1 fully saturated rings. The molecule has 27 heavy (non-hydrogen) atoms. The standard InChI is InChI=1S/C20H22ClN5S/c21-19-6-4-16(27-19)2-1-7-25-8-10-26(11-9-25)13-15-3-5-17-18(12-15)23-14-24-20(17)22/h1-6,12,14H,7-11,13H2,(H2,22,23,24). The largest absolute Gasteiger partial charge is 0.383 e. The van der Waals surface area contributed by atoms with Crippen LogP contribution in [0.2, 0.25) is 4.34 Å². The van der Waals surface area contributed by atoms with Crippen LogP contribution >= 0.6 is 22.9 Å². The molecule has 3 heterocycles. The molecule has 2 N–H and O–H groups in total. The summed E-state index contributed by atoms with van der Waals surface area (Å²) in [6.07, 6.45) is 5.91. The summed E-state index contributed by atoms with van der Waals surface area (Å²) >= 11 is 7.58. The third-order valence-electron chi connectivity index (χ3n) is 4.84. The van der Waals surface area contributed by atoms with Crippen molar-refractivity contribution in [1.29, 1.82) is 0 Å². The molecule has 1 aromatic carbocycles. The topological polar surface area (TPSA) is 58.3 Å². The minimum atomic E-state index is 0.540. The van der Waals surface area contributed by atoms with Gasteiger partial charge in [0.05, 0.1) is 9.85 Å². The molecule has 7 heteroatoms. The van der Waals surface area contributed by atoms with Crippen LogP contribution in [0.15, 0.2) is 42.7 Å². The van der Waals surface area contributed by atoms with Gasteiger partial charge in [0.15, 0.2) is 0 Å². The molecule has 4 rings (SSSR count). The van der Waals surface area contributed by atoms with Crippen molar-refractivity contribution in [2.45, 2.75) is 6.54 Å². The summed E-state index contributed by atoms with van der Waals surface area (Å²) in [5.41, 5.74) is 8.09. The number of halogens is 1. The Kier molecular flexibility index (Phi) is 5.69. The third kappa shape index (κ3) is 4.65. The van der Waals surface area contributed by atoms with Crippen LogP contribution in [-0.2, 0) is 6.54 Å². The first kappa shape index (κ1) is 18.4. The van der Waals surface area contributed by atoms with Crippen molar-refractivity contribution in [1.82, 2.24) is 19.8 Å². The first-order valence-corrected chi connectivity index (χ1v) is 10.2.